The quantitative estimate of drug-likeness (QED) is 0.551. The third-order valence-electron chi connectivity index (χ3n) is 2.74. The molecule has 0 heterocycles. The number of methoxy groups -OCH3 is 1. The van der Waals surface area contributed by atoms with Crippen LogP contribution in [-0.2, 0) is 19.1 Å². The minimum absolute atomic E-state index is 0.0350. The predicted molar refractivity (Wildman–Crippen MR) is 61.6 cm³/mol. The smallest absolute Gasteiger partial charge is 0.337 e. The first kappa shape index (κ1) is 13.3. The molecule has 0 aromatic carbocycles. The molecule has 0 saturated heterocycles. The highest BCUT2D eigenvalue weighted by molar-refractivity contribution is 5.90. The van der Waals surface area contributed by atoms with Gasteiger partial charge in [0.25, 0.3) is 0 Å². The molecule has 1 aliphatic rings. The standard InChI is InChI=1S/C13H16O4/c1-4-5-6-10-7-8-11(17-9(2)14)12(10)13(15)16-3/h1,10H,5-8H2,2-3H3. The van der Waals surface area contributed by atoms with Crippen LogP contribution in [0.3, 0.4) is 0 Å². The van der Waals surface area contributed by atoms with Crippen LogP contribution < -0.4 is 0 Å². The van der Waals surface area contributed by atoms with E-state index in [1.165, 1.54) is 14.0 Å². The fourth-order valence-corrected chi connectivity index (χ4v) is 2.03. The Morgan fingerprint density at radius 3 is 2.76 bits per heavy atom. The van der Waals surface area contributed by atoms with E-state index in [4.69, 9.17) is 15.9 Å². The third-order valence-corrected chi connectivity index (χ3v) is 2.74. The molecule has 4 heteroatoms. The number of hydrogen-bond acceptors (Lipinski definition) is 4. The van der Waals surface area contributed by atoms with Gasteiger partial charge in [-0.05, 0) is 18.8 Å². The minimum atomic E-state index is -0.430. The highest BCUT2D eigenvalue weighted by atomic mass is 16.5. The summed E-state index contributed by atoms with van der Waals surface area (Å²) in [7, 11) is 1.32. The summed E-state index contributed by atoms with van der Waals surface area (Å²) in [6.07, 6.45) is 7.87. The molecule has 0 bridgehead atoms. The van der Waals surface area contributed by atoms with Crippen LogP contribution in [-0.4, -0.2) is 19.0 Å². The van der Waals surface area contributed by atoms with Gasteiger partial charge in [-0.15, -0.1) is 12.3 Å². The Balaban J connectivity index is 2.89. The van der Waals surface area contributed by atoms with Gasteiger partial charge < -0.3 is 9.47 Å². The monoisotopic (exact) mass is 236 g/mol. The number of terminal acetylenes is 1. The van der Waals surface area contributed by atoms with E-state index in [-0.39, 0.29) is 5.92 Å². The molecule has 17 heavy (non-hydrogen) atoms. The van der Waals surface area contributed by atoms with Crippen molar-refractivity contribution in [1.82, 2.24) is 0 Å². The summed E-state index contributed by atoms with van der Waals surface area (Å²) < 4.78 is 9.76. The molecule has 0 aliphatic heterocycles. The van der Waals surface area contributed by atoms with Crippen molar-refractivity contribution in [2.24, 2.45) is 5.92 Å². The molecule has 0 radical (unpaired) electrons. The van der Waals surface area contributed by atoms with Gasteiger partial charge in [0.05, 0.1) is 12.7 Å². The summed E-state index contributed by atoms with van der Waals surface area (Å²) in [6.45, 7) is 1.32. The van der Waals surface area contributed by atoms with E-state index in [2.05, 4.69) is 5.92 Å². The lowest BCUT2D eigenvalue weighted by molar-refractivity contribution is -0.138. The third kappa shape index (κ3) is 3.35. The van der Waals surface area contributed by atoms with Crippen molar-refractivity contribution < 1.29 is 19.1 Å². The van der Waals surface area contributed by atoms with Crippen molar-refractivity contribution in [1.29, 1.82) is 0 Å². The average Bonchev–Trinajstić information content (AvgIpc) is 2.67. The normalized spacial score (nSPS) is 18.8. The molecule has 1 aliphatic carbocycles. The number of ether oxygens (including phenoxy) is 2. The van der Waals surface area contributed by atoms with E-state index in [1.807, 2.05) is 0 Å². The lowest BCUT2D eigenvalue weighted by Crippen LogP contribution is -2.13. The maximum Gasteiger partial charge on any atom is 0.337 e. The Hall–Kier alpha value is -1.76. The van der Waals surface area contributed by atoms with Gasteiger partial charge in [0, 0.05) is 19.8 Å². The molecule has 0 aromatic heterocycles. The van der Waals surface area contributed by atoms with Crippen molar-refractivity contribution in [3.8, 4) is 12.3 Å². The summed E-state index contributed by atoms with van der Waals surface area (Å²) in [5, 5.41) is 0. The molecule has 0 aromatic rings. The Labute approximate surface area is 101 Å². The Morgan fingerprint density at radius 2 is 2.24 bits per heavy atom. The van der Waals surface area contributed by atoms with E-state index in [0.717, 1.165) is 6.42 Å². The lowest BCUT2D eigenvalue weighted by Gasteiger charge is -2.11. The molecule has 0 fully saturated rings. The maximum absolute atomic E-state index is 11.7. The maximum atomic E-state index is 11.7. The van der Waals surface area contributed by atoms with Crippen LogP contribution in [0.5, 0.6) is 0 Å². The largest absolute Gasteiger partial charge is 0.466 e. The lowest BCUT2D eigenvalue weighted by atomic mass is 9.96. The van der Waals surface area contributed by atoms with Crippen LogP contribution in [0.2, 0.25) is 0 Å². The van der Waals surface area contributed by atoms with Gasteiger partial charge >= 0.3 is 11.9 Å². The van der Waals surface area contributed by atoms with Crippen molar-refractivity contribution in [2.45, 2.75) is 32.6 Å². The average molecular weight is 236 g/mol. The zero-order valence-corrected chi connectivity index (χ0v) is 10.1. The zero-order chi connectivity index (χ0) is 12.8. The first-order valence-corrected chi connectivity index (χ1v) is 5.53. The summed E-state index contributed by atoms with van der Waals surface area (Å²) in [6, 6.07) is 0. The number of hydrogen-bond donors (Lipinski definition) is 0. The van der Waals surface area contributed by atoms with Gasteiger partial charge in [0.1, 0.15) is 5.76 Å². The zero-order valence-electron chi connectivity index (χ0n) is 10.1. The number of rotatable bonds is 4. The Morgan fingerprint density at radius 1 is 1.53 bits per heavy atom. The molecule has 0 N–H and O–H groups in total. The van der Waals surface area contributed by atoms with Gasteiger partial charge in [-0.3, -0.25) is 4.79 Å². The van der Waals surface area contributed by atoms with Crippen LogP contribution in [0.25, 0.3) is 0 Å². The van der Waals surface area contributed by atoms with Crippen molar-refractivity contribution in [3.05, 3.63) is 11.3 Å². The summed E-state index contributed by atoms with van der Waals surface area (Å²) in [4.78, 5) is 22.6. The second kappa shape index (κ2) is 6.09. The van der Waals surface area contributed by atoms with Crippen LogP contribution in [0.1, 0.15) is 32.6 Å². The first-order chi connectivity index (χ1) is 8.10. The molecular weight excluding hydrogens is 220 g/mol. The van der Waals surface area contributed by atoms with Crippen molar-refractivity contribution in [3.63, 3.8) is 0 Å². The highest BCUT2D eigenvalue weighted by Gasteiger charge is 2.32. The number of carbonyl (C=O) groups excluding carboxylic acids is 2. The van der Waals surface area contributed by atoms with Gasteiger partial charge in [-0.2, -0.15) is 0 Å². The van der Waals surface area contributed by atoms with E-state index >= 15 is 0 Å². The number of esters is 2. The van der Waals surface area contributed by atoms with Crippen molar-refractivity contribution in [2.75, 3.05) is 7.11 Å². The SMILES string of the molecule is C#CCCC1CCC(OC(C)=O)=C1C(=O)OC. The van der Waals surface area contributed by atoms with Crippen molar-refractivity contribution >= 4 is 11.9 Å². The molecule has 1 unspecified atom stereocenters. The summed E-state index contributed by atoms with van der Waals surface area (Å²) in [5.74, 6) is 2.17. The van der Waals surface area contributed by atoms with Crippen LogP contribution in [0, 0.1) is 18.3 Å². The number of allylic oxidation sites excluding steroid dienone is 1. The van der Waals surface area contributed by atoms with E-state index in [9.17, 15) is 9.59 Å². The van der Waals surface area contributed by atoms with Gasteiger partial charge in [-0.1, -0.05) is 0 Å². The minimum Gasteiger partial charge on any atom is -0.466 e. The van der Waals surface area contributed by atoms with E-state index in [0.29, 0.717) is 30.6 Å². The second-order valence-electron chi connectivity index (χ2n) is 3.90. The number of carbonyl (C=O) groups is 2. The molecular formula is C13H16O4. The van der Waals surface area contributed by atoms with E-state index < -0.39 is 11.9 Å². The van der Waals surface area contributed by atoms with Crippen LogP contribution in [0.15, 0.2) is 11.3 Å². The van der Waals surface area contributed by atoms with Gasteiger partial charge in [-0.25, -0.2) is 4.79 Å². The molecule has 1 rings (SSSR count). The fraction of sp³-hybridized carbons (Fsp3) is 0.538. The fourth-order valence-electron chi connectivity index (χ4n) is 2.03. The van der Waals surface area contributed by atoms with Gasteiger partial charge in [0.15, 0.2) is 0 Å². The highest BCUT2D eigenvalue weighted by Crippen LogP contribution is 2.36. The Kier molecular flexibility index (Phi) is 4.77. The summed E-state index contributed by atoms with van der Waals surface area (Å²) >= 11 is 0. The molecule has 92 valence electrons. The topological polar surface area (TPSA) is 52.6 Å². The van der Waals surface area contributed by atoms with Crippen LogP contribution in [0.4, 0.5) is 0 Å². The summed E-state index contributed by atoms with van der Waals surface area (Å²) in [5.41, 5.74) is 0.470. The molecule has 4 nitrogen and oxygen atoms in total. The first-order valence-electron chi connectivity index (χ1n) is 5.53. The Bertz CT molecular complexity index is 387. The molecule has 0 amide bonds. The van der Waals surface area contributed by atoms with E-state index in [1.54, 1.807) is 0 Å². The van der Waals surface area contributed by atoms with Gasteiger partial charge in [0.2, 0.25) is 0 Å². The second-order valence-corrected chi connectivity index (χ2v) is 3.90. The molecule has 1 atom stereocenters. The molecule has 0 saturated carbocycles. The predicted octanol–water partition coefficient (Wildman–Crippen LogP) is 1.80. The molecule has 0 spiro atoms. The van der Waals surface area contributed by atoms with Crippen LogP contribution >= 0.6 is 0 Å².